The van der Waals surface area contributed by atoms with Crippen LogP contribution in [0.1, 0.15) is 32.6 Å². The smallest absolute Gasteiger partial charge is 0.240 e. The SMILES string of the molecule is CCCC1CC2(CCO1)NCCNC2=O. The van der Waals surface area contributed by atoms with Crippen molar-refractivity contribution in [2.75, 3.05) is 19.7 Å². The second kappa shape index (κ2) is 4.49. The predicted molar refractivity (Wildman–Crippen MR) is 57.6 cm³/mol. The third kappa shape index (κ3) is 2.16. The molecule has 0 aliphatic carbocycles. The molecule has 2 heterocycles. The highest BCUT2D eigenvalue weighted by Crippen LogP contribution is 2.28. The zero-order valence-corrected chi connectivity index (χ0v) is 9.34. The number of amides is 1. The van der Waals surface area contributed by atoms with Gasteiger partial charge in [0.15, 0.2) is 0 Å². The van der Waals surface area contributed by atoms with E-state index in [2.05, 4.69) is 17.6 Å². The molecule has 2 saturated heterocycles. The van der Waals surface area contributed by atoms with Gasteiger partial charge in [0.1, 0.15) is 5.54 Å². The average molecular weight is 212 g/mol. The molecule has 2 unspecified atom stereocenters. The van der Waals surface area contributed by atoms with Crippen LogP contribution in [0.15, 0.2) is 0 Å². The Bertz CT molecular complexity index is 239. The zero-order chi connectivity index (χ0) is 10.7. The minimum atomic E-state index is -0.337. The lowest BCUT2D eigenvalue weighted by molar-refractivity contribution is -0.137. The van der Waals surface area contributed by atoms with Crippen LogP contribution in [0.5, 0.6) is 0 Å². The summed E-state index contributed by atoms with van der Waals surface area (Å²) in [6, 6.07) is 0. The van der Waals surface area contributed by atoms with Gasteiger partial charge in [0.25, 0.3) is 0 Å². The number of nitrogens with one attached hydrogen (secondary N) is 2. The first-order chi connectivity index (χ1) is 7.27. The first kappa shape index (κ1) is 10.9. The minimum Gasteiger partial charge on any atom is -0.378 e. The molecule has 2 atom stereocenters. The second-order valence-electron chi connectivity index (χ2n) is 4.50. The third-order valence-corrected chi connectivity index (χ3v) is 3.38. The van der Waals surface area contributed by atoms with Crippen molar-refractivity contribution in [1.82, 2.24) is 10.6 Å². The van der Waals surface area contributed by atoms with E-state index in [-0.39, 0.29) is 17.6 Å². The molecule has 2 rings (SSSR count). The summed E-state index contributed by atoms with van der Waals surface area (Å²) in [5, 5.41) is 6.33. The quantitative estimate of drug-likeness (QED) is 0.697. The van der Waals surface area contributed by atoms with Crippen LogP contribution in [0.25, 0.3) is 0 Å². The number of rotatable bonds is 2. The van der Waals surface area contributed by atoms with Gasteiger partial charge >= 0.3 is 0 Å². The van der Waals surface area contributed by atoms with Gasteiger partial charge in [-0.25, -0.2) is 0 Å². The highest BCUT2D eigenvalue weighted by atomic mass is 16.5. The van der Waals surface area contributed by atoms with Gasteiger partial charge in [-0.05, 0) is 12.8 Å². The van der Waals surface area contributed by atoms with Crippen LogP contribution in [-0.2, 0) is 9.53 Å². The normalized spacial score (nSPS) is 36.6. The molecule has 4 nitrogen and oxygen atoms in total. The summed E-state index contributed by atoms with van der Waals surface area (Å²) >= 11 is 0. The molecule has 2 aliphatic rings. The molecule has 4 heteroatoms. The Labute approximate surface area is 90.8 Å². The van der Waals surface area contributed by atoms with Crippen molar-refractivity contribution in [2.24, 2.45) is 0 Å². The Balaban J connectivity index is 2.03. The molecule has 1 amide bonds. The molecule has 1 spiro atoms. The van der Waals surface area contributed by atoms with E-state index in [0.29, 0.717) is 6.61 Å². The average Bonchev–Trinajstić information content (AvgIpc) is 2.24. The van der Waals surface area contributed by atoms with Gasteiger partial charge in [-0.3, -0.25) is 4.79 Å². The number of ether oxygens (including phenoxy) is 1. The van der Waals surface area contributed by atoms with Gasteiger partial charge in [-0.15, -0.1) is 0 Å². The van der Waals surface area contributed by atoms with Crippen LogP contribution < -0.4 is 10.6 Å². The molecule has 15 heavy (non-hydrogen) atoms. The molecule has 0 aromatic heterocycles. The predicted octanol–water partition coefficient (Wildman–Crippen LogP) is 0.424. The summed E-state index contributed by atoms with van der Waals surface area (Å²) in [5.41, 5.74) is -0.337. The lowest BCUT2D eigenvalue weighted by Crippen LogP contribution is -2.66. The van der Waals surface area contributed by atoms with Crippen LogP contribution in [0.4, 0.5) is 0 Å². The number of hydrogen-bond donors (Lipinski definition) is 2. The molecular formula is C11H20N2O2. The van der Waals surface area contributed by atoms with Crippen LogP contribution in [0.2, 0.25) is 0 Å². The van der Waals surface area contributed by atoms with Gasteiger partial charge in [-0.2, -0.15) is 0 Å². The van der Waals surface area contributed by atoms with Gasteiger partial charge in [0, 0.05) is 26.1 Å². The van der Waals surface area contributed by atoms with E-state index in [0.717, 1.165) is 38.8 Å². The minimum absolute atomic E-state index is 0.165. The maximum absolute atomic E-state index is 11.9. The molecular weight excluding hydrogens is 192 g/mol. The van der Waals surface area contributed by atoms with Crippen LogP contribution in [-0.4, -0.2) is 37.2 Å². The number of carbonyl (C=O) groups excluding carboxylic acids is 1. The van der Waals surface area contributed by atoms with E-state index in [9.17, 15) is 4.79 Å². The number of hydrogen-bond acceptors (Lipinski definition) is 3. The number of piperazine rings is 1. The largest absolute Gasteiger partial charge is 0.378 e. The Morgan fingerprint density at radius 1 is 1.53 bits per heavy atom. The van der Waals surface area contributed by atoms with E-state index in [1.54, 1.807) is 0 Å². The maximum Gasteiger partial charge on any atom is 0.240 e. The summed E-state index contributed by atoms with van der Waals surface area (Å²) in [5.74, 6) is 0.165. The highest BCUT2D eigenvalue weighted by molar-refractivity contribution is 5.87. The summed E-state index contributed by atoms with van der Waals surface area (Å²) in [6.07, 6.45) is 4.05. The standard InChI is InChI=1S/C11H20N2O2/c1-2-3-9-8-11(4-7-15-9)10(14)12-5-6-13-11/h9,13H,2-8H2,1H3,(H,12,14). The maximum atomic E-state index is 11.9. The van der Waals surface area contributed by atoms with Gasteiger partial charge < -0.3 is 15.4 Å². The zero-order valence-electron chi connectivity index (χ0n) is 9.34. The summed E-state index contributed by atoms with van der Waals surface area (Å²) in [6.45, 7) is 4.48. The third-order valence-electron chi connectivity index (χ3n) is 3.38. The summed E-state index contributed by atoms with van der Waals surface area (Å²) in [4.78, 5) is 11.9. The Morgan fingerprint density at radius 3 is 3.13 bits per heavy atom. The van der Waals surface area contributed by atoms with Crippen molar-refractivity contribution >= 4 is 5.91 Å². The second-order valence-corrected chi connectivity index (χ2v) is 4.50. The Hall–Kier alpha value is -0.610. The van der Waals surface area contributed by atoms with E-state index < -0.39 is 0 Å². The van der Waals surface area contributed by atoms with E-state index in [1.165, 1.54) is 0 Å². The molecule has 0 saturated carbocycles. The van der Waals surface area contributed by atoms with Crippen molar-refractivity contribution in [3.8, 4) is 0 Å². The topological polar surface area (TPSA) is 50.4 Å². The molecule has 0 bridgehead atoms. The Morgan fingerprint density at radius 2 is 2.40 bits per heavy atom. The molecule has 86 valence electrons. The summed E-state index contributed by atoms with van der Waals surface area (Å²) in [7, 11) is 0. The van der Waals surface area contributed by atoms with E-state index in [1.807, 2.05) is 0 Å². The van der Waals surface area contributed by atoms with Crippen molar-refractivity contribution in [3.63, 3.8) is 0 Å². The van der Waals surface area contributed by atoms with Crippen molar-refractivity contribution in [1.29, 1.82) is 0 Å². The molecule has 2 fully saturated rings. The first-order valence-corrected chi connectivity index (χ1v) is 5.92. The van der Waals surface area contributed by atoms with Crippen molar-refractivity contribution in [3.05, 3.63) is 0 Å². The fourth-order valence-electron chi connectivity index (χ4n) is 2.55. The summed E-state index contributed by atoms with van der Waals surface area (Å²) < 4.78 is 5.67. The lowest BCUT2D eigenvalue weighted by Gasteiger charge is -2.42. The van der Waals surface area contributed by atoms with Crippen LogP contribution >= 0.6 is 0 Å². The molecule has 2 N–H and O–H groups in total. The van der Waals surface area contributed by atoms with E-state index >= 15 is 0 Å². The first-order valence-electron chi connectivity index (χ1n) is 5.92. The van der Waals surface area contributed by atoms with Gasteiger partial charge in [-0.1, -0.05) is 13.3 Å². The van der Waals surface area contributed by atoms with Crippen molar-refractivity contribution < 1.29 is 9.53 Å². The van der Waals surface area contributed by atoms with Crippen LogP contribution in [0, 0.1) is 0 Å². The highest BCUT2D eigenvalue weighted by Gasteiger charge is 2.44. The van der Waals surface area contributed by atoms with E-state index in [4.69, 9.17) is 4.74 Å². The van der Waals surface area contributed by atoms with Gasteiger partial charge in [0.05, 0.1) is 6.10 Å². The molecule has 0 aromatic carbocycles. The number of carbonyl (C=O) groups is 1. The van der Waals surface area contributed by atoms with Crippen molar-refractivity contribution in [2.45, 2.75) is 44.2 Å². The monoisotopic (exact) mass is 212 g/mol. The molecule has 0 aromatic rings. The molecule has 2 aliphatic heterocycles. The Kier molecular flexibility index (Phi) is 3.26. The fraction of sp³-hybridized carbons (Fsp3) is 0.909. The fourth-order valence-corrected chi connectivity index (χ4v) is 2.55. The molecule has 0 radical (unpaired) electrons. The lowest BCUT2D eigenvalue weighted by atomic mass is 9.83. The van der Waals surface area contributed by atoms with Crippen LogP contribution in [0.3, 0.4) is 0 Å². The van der Waals surface area contributed by atoms with Gasteiger partial charge in [0.2, 0.25) is 5.91 Å².